The lowest BCUT2D eigenvalue weighted by Gasteiger charge is -2.21. The molecule has 9 heteroatoms. The van der Waals surface area contributed by atoms with Gasteiger partial charge in [0.25, 0.3) is 11.5 Å². The highest BCUT2D eigenvalue weighted by atomic mass is 32.1. The minimum atomic E-state index is -0.489. The smallest absolute Gasteiger partial charge is 0.313 e. The van der Waals surface area contributed by atoms with E-state index in [9.17, 15) is 14.4 Å². The van der Waals surface area contributed by atoms with Gasteiger partial charge in [-0.2, -0.15) is 0 Å². The Morgan fingerprint density at radius 2 is 2.24 bits per heavy atom. The third-order valence-electron chi connectivity index (χ3n) is 4.40. The summed E-state index contributed by atoms with van der Waals surface area (Å²) in [5.74, 6) is 4.31. The van der Waals surface area contributed by atoms with Gasteiger partial charge in [0.1, 0.15) is 17.2 Å². The maximum absolute atomic E-state index is 13.0. The van der Waals surface area contributed by atoms with E-state index in [0.717, 1.165) is 23.3 Å². The number of aryl methyl sites for hydroxylation is 2. The molecule has 25 heavy (non-hydrogen) atoms. The van der Waals surface area contributed by atoms with Crippen molar-refractivity contribution in [1.29, 1.82) is 0 Å². The average Bonchev–Trinajstić information content (AvgIpc) is 2.96. The van der Waals surface area contributed by atoms with Gasteiger partial charge in [-0.15, -0.1) is 11.3 Å². The quantitative estimate of drug-likeness (QED) is 0.358. The zero-order chi connectivity index (χ0) is 18.1. The predicted octanol–water partition coefficient (Wildman–Crippen LogP) is 0.739. The van der Waals surface area contributed by atoms with Gasteiger partial charge in [-0.3, -0.25) is 24.4 Å². The summed E-state index contributed by atoms with van der Waals surface area (Å²) in [6, 6.07) is 0. The lowest BCUT2D eigenvalue weighted by Crippen LogP contribution is -2.37. The van der Waals surface area contributed by atoms with Crippen LogP contribution in [0.25, 0.3) is 10.2 Å². The van der Waals surface area contributed by atoms with Crippen LogP contribution in [0.15, 0.2) is 4.79 Å². The van der Waals surface area contributed by atoms with E-state index in [1.807, 2.05) is 5.43 Å². The highest BCUT2D eigenvalue weighted by Crippen LogP contribution is 2.41. The summed E-state index contributed by atoms with van der Waals surface area (Å²) in [6.07, 6.45) is 2.33. The molecule has 0 saturated carbocycles. The molecule has 0 spiro atoms. The molecule has 3 rings (SSSR count). The van der Waals surface area contributed by atoms with Crippen LogP contribution in [0.4, 0.5) is 0 Å². The van der Waals surface area contributed by atoms with Crippen LogP contribution >= 0.6 is 11.3 Å². The minimum Gasteiger partial charge on any atom is -0.466 e. The lowest BCUT2D eigenvalue weighted by atomic mass is 9.86. The number of rotatable bonds is 4. The van der Waals surface area contributed by atoms with E-state index in [4.69, 9.17) is 10.6 Å². The van der Waals surface area contributed by atoms with Crippen molar-refractivity contribution >= 4 is 33.4 Å². The summed E-state index contributed by atoms with van der Waals surface area (Å²) in [4.78, 5) is 43.1. The number of nitrogens with zero attached hydrogens (tertiary/aromatic N) is 2. The number of carbonyl (C=O) groups is 2. The largest absolute Gasteiger partial charge is 0.466 e. The number of ether oxygens (including phenoxy) is 1. The highest BCUT2D eigenvalue weighted by molar-refractivity contribution is 7.18. The van der Waals surface area contributed by atoms with Crippen molar-refractivity contribution in [2.45, 2.75) is 45.6 Å². The van der Waals surface area contributed by atoms with Gasteiger partial charge < -0.3 is 4.74 Å². The Morgan fingerprint density at radius 3 is 2.92 bits per heavy atom. The maximum atomic E-state index is 13.0. The number of amides is 1. The standard InChI is InChI=1S/C16H20N4O4S/c1-3-24-16(23)9-5-4-6-10-12(9)13-14(25-10)18-8(2)20(15(13)22)7-11(21)19-17/h9H,3-7,17H2,1-2H3,(H,19,21). The normalized spacial score (nSPS) is 16.5. The zero-order valence-corrected chi connectivity index (χ0v) is 14.9. The summed E-state index contributed by atoms with van der Waals surface area (Å²) in [5.41, 5.74) is 2.42. The second-order valence-corrected chi connectivity index (χ2v) is 7.02. The third-order valence-corrected chi connectivity index (χ3v) is 5.55. The molecule has 0 bridgehead atoms. The summed E-state index contributed by atoms with van der Waals surface area (Å²) in [5, 5.41) is 0.424. The number of hydrogen-bond donors (Lipinski definition) is 2. The Hall–Kier alpha value is -2.26. The van der Waals surface area contributed by atoms with Gasteiger partial charge in [0.05, 0.1) is 17.9 Å². The number of aromatic nitrogens is 2. The van der Waals surface area contributed by atoms with Crippen LogP contribution < -0.4 is 16.8 Å². The molecule has 8 nitrogen and oxygen atoms in total. The second kappa shape index (κ2) is 6.93. The van der Waals surface area contributed by atoms with Crippen LogP contribution in [0.5, 0.6) is 0 Å². The first-order valence-electron chi connectivity index (χ1n) is 8.16. The molecule has 0 saturated heterocycles. The zero-order valence-electron chi connectivity index (χ0n) is 14.1. The number of fused-ring (bicyclic) bond motifs is 3. The van der Waals surface area contributed by atoms with Crippen molar-refractivity contribution in [3.63, 3.8) is 0 Å². The average molecular weight is 364 g/mol. The van der Waals surface area contributed by atoms with Crippen molar-refractivity contribution in [2.24, 2.45) is 5.84 Å². The number of nitrogens with one attached hydrogen (secondary N) is 1. The molecule has 1 aliphatic rings. The number of hydrazine groups is 1. The lowest BCUT2D eigenvalue weighted by molar-refractivity contribution is -0.145. The molecule has 0 aromatic carbocycles. The molecule has 1 atom stereocenters. The van der Waals surface area contributed by atoms with Crippen LogP contribution in [0.1, 0.15) is 41.9 Å². The minimum absolute atomic E-state index is 0.210. The molecule has 3 N–H and O–H groups in total. The van der Waals surface area contributed by atoms with Gasteiger partial charge in [0, 0.05) is 4.88 Å². The second-order valence-electron chi connectivity index (χ2n) is 5.93. The van der Waals surface area contributed by atoms with Crippen LogP contribution in [0, 0.1) is 6.92 Å². The maximum Gasteiger partial charge on any atom is 0.313 e. The van der Waals surface area contributed by atoms with Crippen LogP contribution in [-0.4, -0.2) is 28.0 Å². The fraction of sp³-hybridized carbons (Fsp3) is 0.500. The molecular weight excluding hydrogens is 344 g/mol. The summed E-state index contributed by atoms with van der Waals surface area (Å²) < 4.78 is 6.47. The number of nitrogens with two attached hydrogens (primary N) is 1. The first-order valence-corrected chi connectivity index (χ1v) is 8.98. The molecule has 2 heterocycles. The molecule has 0 fully saturated rings. The number of thiophene rings is 1. The molecule has 134 valence electrons. The van der Waals surface area contributed by atoms with Gasteiger partial charge in [-0.25, -0.2) is 10.8 Å². The fourth-order valence-electron chi connectivity index (χ4n) is 3.27. The van der Waals surface area contributed by atoms with E-state index in [2.05, 4.69) is 4.98 Å². The fourth-order valence-corrected chi connectivity index (χ4v) is 4.58. The summed E-state index contributed by atoms with van der Waals surface area (Å²) in [6.45, 7) is 3.52. The highest BCUT2D eigenvalue weighted by Gasteiger charge is 2.33. The van der Waals surface area contributed by atoms with Crippen LogP contribution in [-0.2, 0) is 27.3 Å². The van der Waals surface area contributed by atoms with E-state index >= 15 is 0 Å². The van der Waals surface area contributed by atoms with Gasteiger partial charge >= 0.3 is 5.97 Å². The third kappa shape index (κ3) is 3.05. The van der Waals surface area contributed by atoms with Crippen molar-refractivity contribution in [2.75, 3.05) is 6.61 Å². The Balaban J connectivity index is 2.20. The van der Waals surface area contributed by atoms with E-state index < -0.39 is 11.8 Å². The molecule has 0 aliphatic heterocycles. The van der Waals surface area contributed by atoms with E-state index in [1.54, 1.807) is 13.8 Å². The molecule has 2 aromatic rings. The van der Waals surface area contributed by atoms with Crippen molar-refractivity contribution in [3.05, 3.63) is 26.6 Å². The topological polar surface area (TPSA) is 116 Å². The molecule has 1 unspecified atom stereocenters. The molecule has 1 aliphatic carbocycles. The SMILES string of the molecule is CCOC(=O)C1CCCc2sc3nc(C)n(CC(=O)NN)c(=O)c3c21. The van der Waals surface area contributed by atoms with E-state index in [0.29, 0.717) is 29.1 Å². The van der Waals surface area contributed by atoms with Crippen molar-refractivity contribution in [1.82, 2.24) is 15.0 Å². The van der Waals surface area contributed by atoms with Gasteiger partial charge in [0.2, 0.25) is 0 Å². The van der Waals surface area contributed by atoms with Crippen LogP contribution in [0.2, 0.25) is 0 Å². The van der Waals surface area contributed by atoms with Crippen molar-refractivity contribution < 1.29 is 14.3 Å². The monoisotopic (exact) mass is 364 g/mol. The number of esters is 1. The number of hydrogen-bond acceptors (Lipinski definition) is 7. The molecular formula is C16H20N4O4S. The van der Waals surface area contributed by atoms with Crippen LogP contribution in [0.3, 0.4) is 0 Å². The van der Waals surface area contributed by atoms with Gasteiger partial charge in [0.15, 0.2) is 0 Å². The summed E-state index contributed by atoms with van der Waals surface area (Å²) in [7, 11) is 0. The van der Waals surface area contributed by atoms with Gasteiger partial charge in [-0.1, -0.05) is 0 Å². The van der Waals surface area contributed by atoms with Gasteiger partial charge in [-0.05, 0) is 38.7 Å². The first-order chi connectivity index (χ1) is 12.0. The van der Waals surface area contributed by atoms with E-state index in [-0.39, 0.29) is 18.1 Å². The Morgan fingerprint density at radius 1 is 1.48 bits per heavy atom. The predicted molar refractivity (Wildman–Crippen MR) is 93.3 cm³/mol. The Labute approximate surface area is 148 Å². The molecule has 2 aromatic heterocycles. The van der Waals surface area contributed by atoms with Crippen molar-refractivity contribution in [3.8, 4) is 0 Å². The molecule has 0 radical (unpaired) electrons. The molecule has 1 amide bonds. The Kier molecular flexibility index (Phi) is 4.87. The number of carbonyl (C=O) groups excluding carboxylic acids is 2. The first kappa shape index (κ1) is 17.6. The Bertz CT molecular complexity index is 902. The summed E-state index contributed by atoms with van der Waals surface area (Å²) >= 11 is 1.44. The van der Waals surface area contributed by atoms with E-state index in [1.165, 1.54) is 15.9 Å².